The molecule has 2 aromatic rings. The minimum atomic E-state index is 0.0297. The van der Waals surface area contributed by atoms with Crippen molar-refractivity contribution in [1.29, 1.82) is 0 Å². The van der Waals surface area contributed by atoms with Crippen LogP contribution in [0.2, 0.25) is 0 Å². The smallest absolute Gasteiger partial charge is 0.228 e. The summed E-state index contributed by atoms with van der Waals surface area (Å²) in [5.74, 6) is 0.0297. The maximum atomic E-state index is 11.9. The third-order valence-corrected chi connectivity index (χ3v) is 2.93. The van der Waals surface area contributed by atoms with Crippen molar-refractivity contribution in [2.75, 3.05) is 5.32 Å². The van der Waals surface area contributed by atoms with Crippen LogP contribution in [0.15, 0.2) is 42.7 Å². The number of hydrogen-bond acceptors (Lipinski definition) is 1. The first-order valence-corrected chi connectivity index (χ1v) is 6.17. The number of aromatic nitrogens is 1. The Hall–Kier alpha value is -2.03. The van der Waals surface area contributed by atoms with Crippen LogP contribution in [0.1, 0.15) is 18.1 Å². The van der Waals surface area contributed by atoms with Crippen LogP contribution in [-0.2, 0) is 24.7 Å². The van der Waals surface area contributed by atoms with Gasteiger partial charge in [-0.3, -0.25) is 4.79 Å². The van der Waals surface area contributed by atoms with Crippen molar-refractivity contribution in [3.05, 3.63) is 53.9 Å². The van der Waals surface area contributed by atoms with E-state index in [1.165, 1.54) is 5.56 Å². The third kappa shape index (κ3) is 3.00. The standard InChI is InChI=1S/C15H18N2O/c1-3-13-6-4-5-7-14(13)16-15(18)10-12-8-9-17(2)11-12/h4-9,11H,3,10H2,1-2H3,(H,16,18). The van der Waals surface area contributed by atoms with E-state index in [4.69, 9.17) is 0 Å². The molecule has 0 fully saturated rings. The third-order valence-electron chi connectivity index (χ3n) is 2.93. The molecule has 0 aliphatic carbocycles. The van der Waals surface area contributed by atoms with Gasteiger partial charge in [0.05, 0.1) is 6.42 Å². The van der Waals surface area contributed by atoms with Crippen LogP contribution >= 0.6 is 0 Å². The van der Waals surface area contributed by atoms with Crippen LogP contribution in [0, 0.1) is 0 Å². The van der Waals surface area contributed by atoms with E-state index in [1.54, 1.807) is 0 Å². The van der Waals surface area contributed by atoms with Gasteiger partial charge in [0.25, 0.3) is 0 Å². The van der Waals surface area contributed by atoms with E-state index in [-0.39, 0.29) is 5.91 Å². The molecule has 1 N–H and O–H groups in total. The summed E-state index contributed by atoms with van der Waals surface area (Å²) in [4.78, 5) is 11.9. The molecule has 0 radical (unpaired) electrons. The SMILES string of the molecule is CCc1ccccc1NC(=O)Cc1ccn(C)c1. The van der Waals surface area contributed by atoms with Crippen LogP contribution in [-0.4, -0.2) is 10.5 Å². The number of nitrogens with zero attached hydrogens (tertiary/aromatic N) is 1. The molecule has 3 heteroatoms. The van der Waals surface area contributed by atoms with Crippen molar-refractivity contribution in [1.82, 2.24) is 4.57 Å². The molecule has 0 saturated heterocycles. The van der Waals surface area contributed by atoms with E-state index in [0.717, 1.165) is 17.7 Å². The van der Waals surface area contributed by atoms with E-state index in [2.05, 4.69) is 12.2 Å². The Kier molecular flexibility index (Phi) is 3.82. The highest BCUT2D eigenvalue weighted by atomic mass is 16.1. The maximum absolute atomic E-state index is 11.9. The highest BCUT2D eigenvalue weighted by Gasteiger charge is 2.07. The number of nitrogens with one attached hydrogen (secondary N) is 1. The normalized spacial score (nSPS) is 10.3. The van der Waals surface area contributed by atoms with E-state index in [1.807, 2.05) is 54.3 Å². The van der Waals surface area contributed by atoms with E-state index in [0.29, 0.717) is 6.42 Å². The summed E-state index contributed by atoms with van der Waals surface area (Å²) in [6, 6.07) is 9.88. The zero-order valence-electron chi connectivity index (χ0n) is 10.8. The predicted molar refractivity (Wildman–Crippen MR) is 73.6 cm³/mol. The number of anilines is 1. The molecular weight excluding hydrogens is 224 g/mol. The molecule has 0 aliphatic rings. The lowest BCUT2D eigenvalue weighted by molar-refractivity contribution is -0.115. The summed E-state index contributed by atoms with van der Waals surface area (Å²) in [6.07, 6.45) is 5.24. The first-order chi connectivity index (χ1) is 8.69. The fourth-order valence-corrected chi connectivity index (χ4v) is 2.00. The van der Waals surface area contributed by atoms with Gasteiger partial charge in [0.15, 0.2) is 0 Å². The second-order valence-corrected chi connectivity index (χ2v) is 4.42. The van der Waals surface area contributed by atoms with Gasteiger partial charge in [0.2, 0.25) is 5.91 Å². The average molecular weight is 242 g/mol. The summed E-state index contributed by atoms with van der Waals surface area (Å²) in [5.41, 5.74) is 3.11. The Morgan fingerprint density at radius 3 is 2.72 bits per heavy atom. The number of carbonyl (C=O) groups is 1. The number of amides is 1. The van der Waals surface area contributed by atoms with Crippen molar-refractivity contribution in [3.63, 3.8) is 0 Å². The zero-order chi connectivity index (χ0) is 13.0. The molecular formula is C15H18N2O. The first-order valence-electron chi connectivity index (χ1n) is 6.17. The lowest BCUT2D eigenvalue weighted by atomic mass is 10.1. The highest BCUT2D eigenvalue weighted by molar-refractivity contribution is 5.92. The minimum absolute atomic E-state index is 0.0297. The molecule has 0 atom stereocenters. The van der Waals surface area contributed by atoms with Crippen molar-refractivity contribution in [2.24, 2.45) is 7.05 Å². The van der Waals surface area contributed by atoms with Gasteiger partial charge in [0, 0.05) is 25.1 Å². The van der Waals surface area contributed by atoms with Crippen molar-refractivity contribution in [2.45, 2.75) is 19.8 Å². The lowest BCUT2D eigenvalue weighted by Gasteiger charge is -2.09. The van der Waals surface area contributed by atoms with E-state index in [9.17, 15) is 4.79 Å². The quantitative estimate of drug-likeness (QED) is 0.879. The van der Waals surface area contributed by atoms with Crippen LogP contribution in [0.3, 0.4) is 0 Å². The molecule has 0 aliphatic heterocycles. The molecule has 0 spiro atoms. The Morgan fingerprint density at radius 1 is 1.28 bits per heavy atom. The van der Waals surface area contributed by atoms with Crippen LogP contribution in [0.5, 0.6) is 0 Å². The Balaban J connectivity index is 2.03. The van der Waals surface area contributed by atoms with Crippen LogP contribution < -0.4 is 5.32 Å². The number of carbonyl (C=O) groups excluding carboxylic acids is 1. The van der Waals surface area contributed by atoms with Gasteiger partial charge in [-0.25, -0.2) is 0 Å². The van der Waals surface area contributed by atoms with E-state index < -0.39 is 0 Å². The molecule has 3 nitrogen and oxygen atoms in total. The number of benzene rings is 1. The summed E-state index contributed by atoms with van der Waals surface area (Å²) in [5, 5.41) is 2.97. The molecule has 2 rings (SSSR count). The van der Waals surface area contributed by atoms with Gasteiger partial charge in [0.1, 0.15) is 0 Å². The molecule has 1 aromatic carbocycles. The molecule has 0 unspecified atom stereocenters. The number of aryl methyl sites for hydroxylation is 2. The number of para-hydroxylation sites is 1. The predicted octanol–water partition coefficient (Wildman–Crippen LogP) is 2.77. The van der Waals surface area contributed by atoms with Crippen LogP contribution in [0.25, 0.3) is 0 Å². The molecule has 1 amide bonds. The lowest BCUT2D eigenvalue weighted by Crippen LogP contribution is -2.15. The molecule has 0 bridgehead atoms. The second-order valence-electron chi connectivity index (χ2n) is 4.42. The summed E-state index contributed by atoms with van der Waals surface area (Å²) >= 11 is 0. The second kappa shape index (κ2) is 5.54. The minimum Gasteiger partial charge on any atom is -0.357 e. The van der Waals surface area contributed by atoms with Crippen molar-refractivity contribution < 1.29 is 4.79 Å². The Labute approximate surface area is 107 Å². The van der Waals surface area contributed by atoms with Crippen molar-refractivity contribution in [3.8, 4) is 0 Å². The summed E-state index contributed by atoms with van der Waals surface area (Å²) in [7, 11) is 1.95. The monoisotopic (exact) mass is 242 g/mol. The fourth-order valence-electron chi connectivity index (χ4n) is 2.00. The molecule has 1 aromatic heterocycles. The Morgan fingerprint density at radius 2 is 2.06 bits per heavy atom. The topological polar surface area (TPSA) is 34.0 Å². The van der Waals surface area contributed by atoms with Gasteiger partial charge in [-0.05, 0) is 29.7 Å². The molecule has 18 heavy (non-hydrogen) atoms. The van der Waals surface area contributed by atoms with Crippen LogP contribution in [0.4, 0.5) is 5.69 Å². The number of hydrogen-bond donors (Lipinski definition) is 1. The van der Waals surface area contributed by atoms with Gasteiger partial charge in [-0.2, -0.15) is 0 Å². The molecule has 0 saturated carbocycles. The van der Waals surface area contributed by atoms with E-state index >= 15 is 0 Å². The average Bonchev–Trinajstić information content (AvgIpc) is 2.75. The fraction of sp³-hybridized carbons (Fsp3) is 0.267. The Bertz CT molecular complexity index is 543. The first kappa shape index (κ1) is 12.4. The summed E-state index contributed by atoms with van der Waals surface area (Å²) < 4.78 is 1.95. The highest BCUT2D eigenvalue weighted by Crippen LogP contribution is 2.15. The molecule has 1 heterocycles. The van der Waals surface area contributed by atoms with Crippen molar-refractivity contribution >= 4 is 11.6 Å². The zero-order valence-corrected chi connectivity index (χ0v) is 10.8. The number of rotatable bonds is 4. The van der Waals surface area contributed by atoms with Gasteiger partial charge >= 0.3 is 0 Å². The van der Waals surface area contributed by atoms with Gasteiger partial charge in [-0.1, -0.05) is 25.1 Å². The maximum Gasteiger partial charge on any atom is 0.228 e. The summed E-state index contributed by atoms with van der Waals surface area (Å²) in [6.45, 7) is 2.09. The van der Waals surface area contributed by atoms with Gasteiger partial charge in [-0.15, -0.1) is 0 Å². The largest absolute Gasteiger partial charge is 0.357 e. The molecule has 94 valence electrons. The van der Waals surface area contributed by atoms with Gasteiger partial charge < -0.3 is 9.88 Å².